The van der Waals surface area contributed by atoms with E-state index in [-0.39, 0.29) is 11.9 Å². The molecule has 0 saturated carbocycles. The van der Waals surface area contributed by atoms with Crippen LogP contribution in [0.15, 0.2) is 67.5 Å². The standard InChI is InChI=1S/C31H33ClN4O4/c1-4-6-17-39-27-19-33-18-24-30(34-36(31(24)27)22-9-8-16-35(20-22)28(37)5-2)21-12-14-23(15-13-21)40-26-11-7-10-25(38-3)29(26)32/h5,7,10-15,18-19,22H,2,4,6,8-9,16-17,20H2,1,3H3. The van der Waals surface area contributed by atoms with Gasteiger partial charge < -0.3 is 19.1 Å². The Morgan fingerprint density at radius 3 is 2.70 bits per heavy atom. The van der Waals surface area contributed by atoms with Crippen LogP contribution < -0.4 is 14.2 Å². The van der Waals surface area contributed by atoms with Gasteiger partial charge in [0.1, 0.15) is 33.5 Å². The van der Waals surface area contributed by atoms with Gasteiger partial charge in [0.2, 0.25) is 5.91 Å². The van der Waals surface area contributed by atoms with Crippen molar-refractivity contribution in [2.45, 2.75) is 38.6 Å². The van der Waals surface area contributed by atoms with Crippen LogP contribution in [0, 0.1) is 0 Å². The van der Waals surface area contributed by atoms with Gasteiger partial charge in [0.25, 0.3) is 0 Å². The minimum atomic E-state index is -0.0609. The maximum absolute atomic E-state index is 12.4. The fourth-order valence-electron chi connectivity index (χ4n) is 4.98. The van der Waals surface area contributed by atoms with Crippen molar-refractivity contribution in [3.05, 3.63) is 72.5 Å². The molecule has 0 spiro atoms. The molecule has 1 unspecified atom stereocenters. The molecule has 0 bridgehead atoms. The summed E-state index contributed by atoms with van der Waals surface area (Å²) in [5.41, 5.74) is 2.60. The number of likely N-dealkylation sites (tertiary alicyclic amines) is 1. The zero-order chi connectivity index (χ0) is 28.1. The average molecular weight is 561 g/mol. The lowest BCUT2D eigenvalue weighted by Crippen LogP contribution is -2.40. The van der Waals surface area contributed by atoms with Crippen molar-refractivity contribution >= 4 is 28.4 Å². The number of methoxy groups -OCH3 is 1. The number of aromatic nitrogens is 3. The van der Waals surface area contributed by atoms with Crippen LogP contribution in [-0.4, -0.2) is 52.4 Å². The zero-order valence-corrected chi connectivity index (χ0v) is 23.6. The number of benzene rings is 2. The second kappa shape index (κ2) is 12.4. The Hall–Kier alpha value is -4.04. The molecule has 40 heavy (non-hydrogen) atoms. The van der Waals surface area contributed by atoms with E-state index in [0.717, 1.165) is 47.8 Å². The van der Waals surface area contributed by atoms with E-state index in [9.17, 15) is 4.79 Å². The molecule has 0 radical (unpaired) electrons. The SMILES string of the molecule is C=CC(=O)N1CCCC(n2nc(-c3ccc(Oc4cccc(OC)c4Cl)cc3)c3cncc(OCCCC)c32)C1. The highest BCUT2D eigenvalue weighted by Crippen LogP contribution is 2.39. The lowest BCUT2D eigenvalue weighted by molar-refractivity contribution is -0.127. The molecule has 4 aromatic rings. The van der Waals surface area contributed by atoms with Gasteiger partial charge in [-0.15, -0.1) is 0 Å². The summed E-state index contributed by atoms with van der Waals surface area (Å²) in [5, 5.41) is 6.40. The van der Waals surface area contributed by atoms with Crippen LogP contribution in [-0.2, 0) is 4.79 Å². The number of halogens is 1. The van der Waals surface area contributed by atoms with Crippen molar-refractivity contribution in [3.63, 3.8) is 0 Å². The average Bonchev–Trinajstić information content (AvgIpc) is 3.39. The van der Waals surface area contributed by atoms with E-state index >= 15 is 0 Å². The van der Waals surface area contributed by atoms with Crippen LogP contribution in [0.2, 0.25) is 5.02 Å². The van der Waals surface area contributed by atoms with Crippen molar-refractivity contribution in [3.8, 4) is 34.3 Å². The number of carbonyl (C=O) groups is 1. The summed E-state index contributed by atoms with van der Waals surface area (Å²) in [6.07, 6.45) is 8.73. The summed E-state index contributed by atoms with van der Waals surface area (Å²) in [4.78, 5) is 18.7. The van der Waals surface area contributed by atoms with Gasteiger partial charge in [-0.05, 0) is 61.7 Å². The predicted octanol–water partition coefficient (Wildman–Crippen LogP) is 7.08. The summed E-state index contributed by atoms with van der Waals surface area (Å²) in [7, 11) is 1.57. The maximum atomic E-state index is 12.4. The van der Waals surface area contributed by atoms with Crippen LogP contribution in [0.5, 0.6) is 23.0 Å². The smallest absolute Gasteiger partial charge is 0.246 e. The molecule has 0 aliphatic carbocycles. The Kier molecular flexibility index (Phi) is 8.55. The van der Waals surface area contributed by atoms with Gasteiger partial charge in [0.15, 0.2) is 5.75 Å². The first-order chi connectivity index (χ1) is 19.5. The predicted molar refractivity (Wildman–Crippen MR) is 156 cm³/mol. The lowest BCUT2D eigenvalue weighted by Gasteiger charge is -2.32. The van der Waals surface area contributed by atoms with Gasteiger partial charge in [-0.25, -0.2) is 0 Å². The Labute approximate surface area is 239 Å². The van der Waals surface area contributed by atoms with E-state index in [1.165, 1.54) is 6.08 Å². The lowest BCUT2D eigenvalue weighted by atomic mass is 10.1. The number of nitrogens with zero attached hydrogens (tertiary/aromatic N) is 4. The molecule has 5 rings (SSSR count). The van der Waals surface area contributed by atoms with Crippen molar-refractivity contribution in [1.29, 1.82) is 0 Å². The first-order valence-corrected chi connectivity index (χ1v) is 13.9. The van der Waals surface area contributed by atoms with Crippen LogP contribution in [0.4, 0.5) is 0 Å². The summed E-state index contributed by atoms with van der Waals surface area (Å²) in [5.74, 6) is 2.33. The second-order valence-electron chi connectivity index (χ2n) is 9.71. The van der Waals surface area contributed by atoms with E-state index in [1.54, 1.807) is 25.4 Å². The van der Waals surface area contributed by atoms with Crippen LogP contribution in [0.3, 0.4) is 0 Å². The molecular formula is C31H33ClN4O4. The monoisotopic (exact) mass is 560 g/mol. The highest BCUT2D eigenvalue weighted by molar-refractivity contribution is 6.33. The molecule has 1 saturated heterocycles. The number of hydrogen-bond acceptors (Lipinski definition) is 6. The topological polar surface area (TPSA) is 78.7 Å². The number of carbonyl (C=O) groups excluding carboxylic acids is 1. The second-order valence-corrected chi connectivity index (χ2v) is 10.1. The maximum Gasteiger partial charge on any atom is 0.246 e. The quantitative estimate of drug-likeness (QED) is 0.152. The molecular weight excluding hydrogens is 528 g/mol. The van der Waals surface area contributed by atoms with Gasteiger partial charge in [-0.2, -0.15) is 5.10 Å². The molecule has 8 nitrogen and oxygen atoms in total. The summed E-state index contributed by atoms with van der Waals surface area (Å²) < 4.78 is 19.5. The van der Waals surface area contributed by atoms with Crippen LogP contribution >= 0.6 is 11.6 Å². The Morgan fingerprint density at radius 2 is 1.95 bits per heavy atom. The van der Waals surface area contributed by atoms with Gasteiger partial charge in [-0.3, -0.25) is 14.5 Å². The van der Waals surface area contributed by atoms with Crippen LogP contribution in [0.25, 0.3) is 22.2 Å². The molecule has 2 aromatic carbocycles. The highest BCUT2D eigenvalue weighted by atomic mass is 35.5. The third-order valence-corrected chi connectivity index (χ3v) is 7.44. The summed E-state index contributed by atoms with van der Waals surface area (Å²) in [6.45, 7) is 7.67. The number of unbranched alkanes of at least 4 members (excludes halogenated alkanes) is 1. The first-order valence-electron chi connectivity index (χ1n) is 13.5. The van der Waals surface area contributed by atoms with E-state index in [0.29, 0.717) is 47.7 Å². The third kappa shape index (κ3) is 5.63. The largest absolute Gasteiger partial charge is 0.495 e. The van der Waals surface area contributed by atoms with E-state index in [2.05, 4.69) is 18.5 Å². The minimum absolute atomic E-state index is 0.00244. The van der Waals surface area contributed by atoms with E-state index in [1.807, 2.05) is 46.1 Å². The Balaban J connectivity index is 1.51. The van der Waals surface area contributed by atoms with Crippen molar-refractivity contribution in [1.82, 2.24) is 19.7 Å². The van der Waals surface area contributed by atoms with Crippen molar-refractivity contribution in [2.75, 3.05) is 26.8 Å². The molecule has 1 aliphatic heterocycles. The van der Waals surface area contributed by atoms with E-state index < -0.39 is 0 Å². The molecule has 2 aromatic heterocycles. The van der Waals surface area contributed by atoms with E-state index in [4.69, 9.17) is 30.9 Å². The van der Waals surface area contributed by atoms with Crippen molar-refractivity contribution in [2.24, 2.45) is 0 Å². The fraction of sp³-hybridized carbons (Fsp3) is 0.323. The van der Waals surface area contributed by atoms with Gasteiger partial charge >= 0.3 is 0 Å². The summed E-state index contributed by atoms with van der Waals surface area (Å²) >= 11 is 6.42. The summed E-state index contributed by atoms with van der Waals surface area (Å²) in [6, 6.07) is 13.1. The van der Waals surface area contributed by atoms with Gasteiger partial charge in [0, 0.05) is 24.8 Å². The van der Waals surface area contributed by atoms with Gasteiger partial charge in [-0.1, -0.05) is 37.6 Å². The number of fused-ring (bicyclic) bond motifs is 1. The van der Waals surface area contributed by atoms with Gasteiger partial charge in [0.05, 0.1) is 31.3 Å². The zero-order valence-electron chi connectivity index (χ0n) is 22.8. The fourth-order valence-corrected chi connectivity index (χ4v) is 5.23. The number of amides is 1. The van der Waals surface area contributed by atoms with Crippen LogP contribution in [0.1, 0.15) is 38.6 Å². The number of hydrogen-bond donors (Lipinski definition) is 0. The molecule has 0 N–H and O–H groups in total. The molecule has 1 amide bonds. The number of rotatable bonds is 10. The molecule has 1 aliphatic rings. The normalized spacial score (nSPS) is 15.2. The highest BCUT2D eigenvalue weighted by Gasteiger charge is 2.28. The third-order valence-electron chi connectivity index (χ3n) is 7.06. The molecule has 1 atom stereocenters. The molecule has 1 fully saturated rings. The molecule has 3 heterocycles. The molecule has 9 heteroatoms. The van der Waals surface area contributed by atoms with Crippen molar-refractivity contribution < 1.29 is 19.0 Å². The Bertz CT molecular complexity index is 1500. The number of pyridine rings is 1. The minimum Gasteiger partial charge on any atom is -0.495 e. The molecule has 208 valence electrons. The number of ether oxygens (including phenoxy) is 3. The first kappa shape index (κ1) is 27.5. The Morgan fingerprint density at radius 1 is 1.15 bits per heavy atom. The number of piperidine rings is 1.